The number of hydrogen-bond donors (Lipinski definition) is 2. The van der Waals surface area contributed by atoms with Crippen LogP contribution in [0.2, 0.25) is 0 Å². The van der Waals surface area contributed by atoms with E-state index in [1.807, 2.05) is 0 Å². The van der Waals surface area contributed by atoms with E-state index in [1.54, 1.807) is 0 Å². The Balaban J connectivity index is 3.26. The molecule has 2 N–H and O–H groups in total. The lowest BCUT2D eigenvalue weighted by Crippen LogP contribution is -2.04. The molecule has 0 bridgehead atoms. The van der Waals surface area contributed by atoms with Gasteiger partial charge in [-0.05, 0) is 32.1 Å². The van der Waals surface area contributed by atoms with Crippen molar-refractivity contribution in [3.05, 3.63) is 24.3 Å². The number of carboxylic acid groups (broad SMARTS) is 1. The average molecular weight is 367 g/mol. The number of aliphatic hydroxyl groups excluding tert-OH is 1. The first-order valence-electron chi connectivity index (χ1n) is 10.9. The normalized spacial score (nSPS) is 13.0. The maximum absolute atomic E-state index is 10.4. The van der Waals surface area contributed by atoms with Crippen LogP contribution >= 0.6 is 0 Å². The Hall–Kier alpha value is -1.09. The van der Waals surface area contributed by atoms with Gasteiger partial charge in [-0.2, -0.15) is 0 Å². The minimum atomic E-state index is -0.675. The van der Waals surface area contributed by atoms with Crippen LogP contribution in [0.15, 0.2) is 24.3 Å². The summed E-state index contributed by atoms with van der Waals surface area (Å²) in [5, 5.41) is 18.5. The molecule has 1 unspecified atom stereocenters. The maximum Gasteiger partial charge on any atom is 0.303 e. The van der Waals surface area contributed by atoms with Crippen LogP contribution < -0.4 is 0 Å². The van der Waals surface area contributed by atoms with E-state index in [1.165, 1.54) is 51.4 Å². The second-order valence-corrected chi connectivity index (χ2v) is 7.32. The third-order valence-corrected chi connectivity index (χ3v) is 4.65. The standard InChI is InChI=1S/C23H42O3/c1-2-3-4-5-10-13-16-19-22(24)20-17-14-11-8-6-7-9-12-15-18-21-23(25)26/h4-5,13,16,22,24H,2-3,6-12,14-15,17-21H2,1H3,(H,25,26). The molecule has 0 heterocycles. The minimum absolute atomic E-state index is 0.184. The van der Waals surface area contributed by atoms with Crippen molar-refractivity contribution in [2.45, 2.75) is 116 Å². The van der Waals surface area contributed by atoms with Crippen molar-refractivity contribution in [3.8, 4) is 0 Å². The highest BCUT2D eigenvalue weighted by Crippen LogP contribution is 2.13. The molecule has 0 aromatic heterocycles. The molecule has 3 nitrogen and oxygen atoms in total. The Morgan fingerprint density at radius 3 is 1.92 bits per heavy atom. The fourth-order valence-electron chi connectivity index (χ4n) is 3.00. The smallest absolute Gasteiger partial charge is 0.303 e. The van der Waals surface area contributed by atoms with Gasteiger partial charge in [-0.3, -0.25) is 4.79 Å². The lowest BCUT2D eigenvalue weighted by atomic mass is 10.0. The van der Waals surface area contributed by atoms with Crippen molar-refractivity contribution < 1.29 is 15.0 Å². The minimum Gasteiger partial charge on any atom is -0.481 e. The van der Waals surface area contributed by atoms with E-state index >= 15 is 0 Å². The van der Waals surface area contributed by atoms with Gasteiger partial charge >= 0.3 is 5.97 Å². The van der Waals surface area contributed by atoms with Gasteiger partial charge in [0.05, 0.1) is 6.10 Å². The van der Waals surface area contributed by atoms with Gasteiger partial charge in [-0.15, -0.1) is 0 Å². The number of carbonyl (C=O) groups is 1. The van der Waals surface area contributed by atoms with Crippen molar-refractivity contribution in [3.63, 3.8) is 0 Å². The first-order chi connectivity index (χ1) is 12.7. The van der Waals surface area contributed by atoms with Crippen molar-refractivity contribution >= 4 is 5.97 Å². The number of aliphatic hydroxyl groups is 1. The Morgan fingerprint density at radius 2 is 1.35 bits per heavy atom. The van der Waals surface area contributed by atoms with Crippen LogP contribution in [0, 0.1) is 0 Å². The lowest BCUT2D eigenvalue weighted by Gasteiger charge is -2.07. The van der Waals surface area contributed by atoms with Gasteiger partial charge in [0.2, 0.25) is 0 Å². The van der Waals surface area contributed by atoms with Crippen LogP contribution in [0.1, 0.15) is 110 Å². The highest BCUT2D eigenvalue weighted by Gasteiger charge is 2.01. The van der Waals surface area contributed by atoms with Crippen LogP contribution in [0.25, 0.3) is 0 Å². The highest BCUT2D eigenvalue weighted by atomic mass is 16.4. The van der Waals surface area contributed by atoms with Gasteiger partial charge in [0.25, 0.3) is 0 Å². The average Bonchev–Trinajstić information content (AvgIpc) is 2.61. The fraction of sp³-hybridized carbons (Fsp3) is 0.783. The van der Waals surface area contributed by atoms with E-state index < -0.39 is 5.97 Å². The monoisotopic (exact) mass is 366 g/mol. The summed E-state index contributed by atoms with van der Waals surface area (Å²) in [4.78, 5) is 10.4. The Bertz CT molecular complexity index is 360. The Kier molecular flexibility index (Phi) is 19.4. The fourth-order valence-corrected chi connectivity index (χ4v) is 3.00. The van der Waals surface area contributed by atoms with Gasteiger partial charge in [-0.25, -0.2) is 0 Å². The van der Waals surface area contributed by atoms with Crippen molar-refractivity contribution in [2.24, 2.45) is 0 Å². The molecule has 26 heavy (non-hydrogen) atoms. The third-order valence-electron chi connectivity index (χ3n) is 4.65. The lowest BCUT2D eigenvalue weighted by molar-refractivity contribution is -0.137. The second-order valence-electron chi connectivity index (χ2n) is 7.32. The summed E-state index contributed by atoms with van der Waals surface area (Å²) in [6.07, 6.45) is 25.6. The summed E-state index contributed by atoms with van der Waals surface area (Å²) in [5.41, 5.74) is 0. The molecule has 3 heteroatoms. The summed E-state index contributed by atoms with van der Waals surface area (Å²) in [6, 6.07) is 0. The van der Waals surface area contributed by atoms with Crippen LogP contribution in [-0.2, 0) is 4.79 Å². The summed E-state index contributed by atoms with van der Waals surface area (Å²) in [7, 11) is 0. The molecule has 0 aliphatic heterocycles. The Labute approximate surface area is 161 Å². The van der Waals surface area contributed by atoms with E-state index in [0.29, 0.717) is 6.42 Å². The van der Waals surface area contributed by atoms with Gasteiger partial charge in [0, 0.05) is 6.42 Å². The molecule has 0 spiro atoms. The molecule has 152 valence electrons. The summed E-state index contributed by atoms with van der Waals surface area (Å²) >= 11 is 0. The molecule has 0 saturated heterocycles. The van der Waals surface area contributed by atoms with Crippen LogP contribution in [0.5, 0.6) is 0 Å². The van der Waals surface area contributed by atoms with Gasteiger partial charge in [0.1, 0.15) is 0 Å². The maximum atomic E-state index is 10.4. The van der Waals surface area contributed by atoms with Gasteiger partial charge < -0.3 is 10.2 Å². The zero-order valence-corrected chi connectivity index (χ0v) is 17.0. The second kappa shape index (κ2) is 20.2. The van der Waals surface area contributed by atoms with Crippen LogP contribution in [-0.4, -0.2) is 22.3 Å². The largest absolute Gasteiger partial charge is 0.481 e. The number of rotatable bonds is 19. The zero-order chi connectivity index (χ0) is 19.3. The molecule has 0 aliphatic rings. The number of allylic oxidation sites excluding steroid dienone is 3. The van der Waals surface area contributed by atoms with Crippen molar-refractivity contribution in [1.29, 1.82) is 0 Å². The molecule has 0 aromatic rings. The molecule has 0 fully saturated rings. The molecule has 0 amide bonds. The first-order valence-corrected chi connectivity index (χ1v) is 10.9. The number of hydrogen-bond acceptors (Lipinski definition) is 2. The van der Waals surface area contributed by atoms with Crippen LogP contribution in [0.4, 0.5) is 0 Å². The van der Waals surface area contributed by atoms with E-state index in [4.69, 9.17) is 5.11 Å². The molecule has 0 aliphatic carbocycles. The molecule has 1 atom stereocenters. The van der Waals surface area contributed by atoms with E-state index in [9.17, 15) is 9.90 Å². The molecule has 0 radical (unpaired) electrons. The topological polar surface area (TPSA) is 57.5 Å². The summed E-state index contributed by atoms with van der Waals surface area (Å²) in [5.74, 6) is -0.675. The van der Waals surface area contributed by atoms with Gasteiger partial charge in [-0.1, -0.05) is 95.4 Å². The Morgan fingerprint density at radius 1 is 0.808 bits per heavy atom. The predicted octanol–water partition coefficient (Wildman–Crippen LogP) is 6.81. The first kappa shape index (κ1) is 24.9. The number of carboxylic acids is 1. The van der Waals surface area contributed by atoms with Crippen molar-refractivity contribution in [1.82, 2.24) is 0 Å². The van der Waals surface area contributed by atoms with E-state index in [2.05, 4.69) is 31.2 Å². The third kappa shape index (κ3) is 21.0. The quantitative estimate of drug-likeness (QED) is 0.195. The van der Waals surface area contributed by atoms with Gasteiger partial charge in [0.15, 0.2) is 0 Å². The van der Waals surface area contributed by atoms with E-state index in [-0.39, 0.29) is 6.10 Å². The predicted molar refractivity (Wildman–Crippen MR) is 111 cm³/mol. The molecule has 0 saturated carbocycles. The molecular formula is C23H42O3. The summed E-state index contributed by atoms with van der Waals surface area (Å²) < 4.78 is 0. The summed E-state index contributed by atoms with van der Waals surface area (Å²) in [6.45, 7) is 2.18. The molecule has 0 aromatic carbocycles. The SMILES string of the molecule is CCCC=CCC=CCC(O)CCCCCCCCCCCCC(=O)O. The van der Waals surface area contributed by atoms with Crippen molar-refractivity contribution in [2.75, 3.05) is 0 Å². The number of aliphatic carboxylic acids is 1. The number of unbranched alkanes of at least 4 members (excludes halogenated alkanes) is 10. The molecule has 0 rings (SSSR count). The highest BCUT2D eigenvalue weighted by molar-refractivity contribution is 5.66. The molecular weight excluding hydrogens is 324 g/mol. The van der Waals surface area contributed by atoms with E-state index in [0.717, 1.165) is 44.9 Å². The van der Waals surface area contributed by atoms with Crippen LogP contribution in [0.3, 0.4) is 0 Å². The zero-order valence-electron chi connectivity index (χ0n) is 17.0.